The van der Waals surface area contributed by atoms with Crippen molar-refractivity contribution in [1.82, 2.24) is 4.90 Å². The highest BCUT2D eigenvalue weighted by atomic mass is 16.6. The number of rotatable bonds is 4. The van der Waals surface area contributed by atoms with Crippen molar-refractivity contribution in [1.29, 1.82) is 0 Å². The van der Waals surface area contributed by atoms with Gasteiger partial charge in [-0.3, -0.25) is 0 Å². The Morgan fingerprint density at radius 2 is 1.91 bits per heavy atom. The largest absolute Gasteiger partial charge is 0.444 e. The quantitative estimate of drug-likeness (QED) is 0.795. The Hall–Kier alpha value is -1.81. The van der Waals surface area contributed by atoms with Crippen LogP contribution in [0.5, 0.6) is 0 Å². The smallest absolute Gasteiger partial charge is 0.410 e. The minimum Gasteiger partial charge on any atom is -0.444 e. The zero-order valence-electron chi connectivity index (χ0n) is 13.7. The van der Waals surface area contributed by atoms with Crippen LogP contribution in [0.2, 0.25) is 0 Å². The molecule has 0 fully saturated rings. The van der Waals surface area contributed by atoms with Gasteiger partial charge in [0.2, 0.25) is 0 Å². The second-order valence-electron chi connectivity index (χ2n) is 6.52. The fourth-order valence-corrected chi connectivity index (χ4v) is 2.21. The fraction of sp³-hybridized carbons (Fsp3) is 0.500. The Morgan fingerprint density at radius 3 is 2.50 bits per heavy atom. The fourth-order valence-electron chi connectivity index (χ4n) is 2.21. The number of carbonyl (C=O) groups excluding carboxylic acids is 1. The normalized spacial score (nSPS) is 15.4. The highest BCUT2D eigenvalue weighted by Gasteiger charge is 2.23. The highest BCUT2D eigenvalue weighted by Crippen LogP contribution is 2.16. The van der Waals surface area contributed by atoms with Crippen LogP contribution in [0, 0.1) is 0 Å². The van der Waals surface area contributed by atoms with E-state index in [1.54, 1.807) is 4.90 Å². The summed E-state index contributed by atoms with van der Waals surface area (Å²) < 4.78 is 11.1. The van der Waals surface area contributed by atoms with Gasteiger partial charge in [0, 0.05) is 13.1 Å². The molecule has 0 aromatic heterocycles. The first-order valence-electron chi connectivity index (χ1n) is 7.71. The van der Waals surface area contributed by atoms with Gasteiger partial charge < -0.3 is 14.4 Å². The lowest BCUT2D eigenvalue weighted by Gasteiger charge is -2.29. The topological polar surface area (TPSA) is 38.8 Å². The van der Waals surface area contributed by atoms with Crippen molar-refractivity contribution in [3.05, 3.63) is 47.5 Å². The summed E-state index contributed by atoms with van der Waals surface area (Å²) in [5.74, 6) is 0. The van der Waals surface area contributed by atoms with E-state index in [0.717, 1.165) is 6.42 Å². The molecule has 0 aliphatic carbocycles. The lowest BCUT2D eigenvalue weighted by molar-refractivity contribution is 0.0260. The molecule has 4 nitrogen and oxygen atoms in total. The summed E-state index contributed by atoms with van der Waals surface area (Å²) >= 11 is 0. The number of hydrogen-bond acceptors (Lipinski definition) is 3. The molecule has 0 saturated carbocycles. The second kappa shape index (κ2) is 7.45. The molecule has 2 rings (SSSR count). The van der Waals surface area contributed by atoms with Crippen LogP contribution >= 0.6 is 0 Å². The van der Waals surface area contributed by atoms with E-state index in [-0.39, 0.29) is 6.09 Å². The molecule has 4 heteroatoms. The maximum atomic E-state index is 12.0. The highest BCUT2D eigenvalue weighted by molar-refractivity contribution is 5.68. The third-order valence-electron chi connectivity index (χ3n) is 3.35. The van der Waals surface area contributed by atoms with Crippen LogP contribution in [0.4, 0.5) is 4.79 Å². The van der Waals surface area contributed by atoms with Gasteiger partial charge in [0.15, 0.2) is 0 Å². The van der Waals surface area contributed by atoms with Crippen molar-refractivity contribution in [3.8, 4) is 0 Å². The maximum absolute atomic E-state index is 12.0. The number of ether oxygens (including phenoxy) is 2. The molecule has 22 heavy (non-hydrogen) atoms. The first-order valence-corrected chi connectivity index (χ1v) is 7.71. The third-order valence-corrected chi connectivity index (χ3v) is 3.35. The summed E-state index contributed by atoms with van der Waals surface area (Å²) in [6, 6.07) is 10.1. The van der Waals surface area contributed by atoms with Crippen LogP contribution in [0.1, 0.15) is 32.8 Å². The molecule has 1 aromatic carbocycles. The van der Waals surface area contributed by atoms with Gasteiger partial charge in [-0.15, -0.1) is 0 Å². The Morgan fingerprint density at radius 1 is 1.18 bits per heavy atom. The Balaban J connectivity index is 1.73. The molecule has 0 atom stereocenters. The van der Waals surface area contributed by atoms with Crippen molar-refractivity contribution in [3.63, 3.8) is 0 Å². The van der Waals surface area contributed by atoms with Crippen LogP contribution in [-0.2, 0) is 16.1 Å². The van der Waals surface area contributed by atoms with Gasteiger partial charge in [0.05, 0.1) is 13.2 Å². The van der Waals surface area contributed by atoms with E-state index in [2.05, 4.69) is 18.2 Å². The molecule has 0 N–H and O–H groups in total. The molecule has 0 bridgehead atoms. The summed E-state index contributed by atoms with van der Waals surface area (Å²) in [6.07, 6.45) is 2.67. The van der Waals surface area contributed by atoms with Crippen molar-refractivity contribution in [2.24, 2.45) is 0 Å². The molecule has 120 valence electrons. The van der Waals surface area contributed by atoms with Crippen molar-refractivity contribution >= 4 is 6.09 Å². The summed E-state index contributed by atoms with van der Waals surface area (Å²) in [5, 5.41) is 0. The summed E-state index contributed by atoms with van der Waals surface area (Å²) in [7, 11) is 0. The van der Waals surface area contributed by atoms with E-state index in [9.17, 15) is 4.79 Å². The monoisotopic (exact) mass is 303 g/mol. The van der Waals surface area contributed by atoms with Gasteiger partial charge in [-0.05, 0) is 38.3 Å². The predicted octanol–water partition coefficient (Wildman–Crippen LogP) is 3.77. The zero-order chi connectivity index (χ0) is 16.0. The minimum absolute atomic E-state index is 0.243. The van der Waals surface area contributed by atoms with Gasteiger partial charge in [-0.2, -0.15) is 0 Å². The number of nitrogens with zero attached hydrogens (tertiary/aromatic N) is 1. The second-order valence-corrected chi connectivity index (χ2v) is 6.52. The summed E-state index contributed by atoms with van der Waals surface area (Å²) in [5.41, 5.74) is 1.98. The van der Waals surface area contributed by atoms with Crippen LogP contribution in [0.25, 0.3) is 0 Å². The molecule has 1 aliphatic heterocycles. The zero-order valence-corrected chi connectivity index (χ0v) is 13.7. The molecule has 0 saturated heterocycles. The molecule has 1 heterocycles. The molecule has 0 spiro atoms. The summed E-state index contributed by atoms with van der Waals surface area (Å²) in [6.45, 7) is 8.17. The first kappa shape index (κ1) is 16.6. The molecular weight excluding hydrogens is 278 g/mol. The van der Waals surface area contributed by atoms with Crippen LogP contribution in [0.15, 0.2) is 42.0 Å². The number of carbonyl (C=O) groups is 1. The average molecular weight is 303 g/mol. The molecule has 0 radical (unpaired) electrons. The Bertz CT molecular complexity index is 517. The standard InChI is InChI=1S/C18H25NO3/c1-18(2,3)22-17(20)19-11-9-16(10-12-19)14-21-13-15-7-5-4-6-8-15/h4-9H,10-14H2,1-3H3. The van der Waals surface area contributed by atoms with E-state index in [1.165, 1.54) is 11.1 Å². The number of benzene rings is 1. The van der Waals surface area contributed by atoms with E-state index < -0.39 is 5.60 Å². The summed E-state index contributed by atoms with van der Waals surface area (Å²) in [4.78, 5) is 13.7. The van der Waals surface area contributed by atoms with E-state index in [1.807, 2.05) is 39.0 Å². The van der Waals surface area contributed by atoms with Gasteiger partial charge in [-0.25, -0.2) is 4.79 Å². The van der Waals surface area contributed by atoms with Crippen LogP contribution in [-0.4, -0.2) is 36.3 Å². The SMILES string of the molecule is CC(C)(C)OC(=O)N1CC=C(COCc2ccccc2)CC1. The molecule has 1 aliphatic rings. The van der Waals surface area contributed by atoms with Gasteiger partial charge >= 0.3 is 6.09 Å². The Labute approximate surface area is 132 Å². The van der Waals surface area contributed by atoms with Crippen LogP contribution < -0.4 is 0 Å². The number of hydrogen-bond donors (Lipinski definition) is 0. The van der Waals surface area contributed by atoms with Crippen molar-refractivity contribution in [2.75, 3.05) is 19.7 Å². The lowest BCUT2D eigenvalue weighted by Crippen LogP contribution is -2.39. The van der Waals surface area contributed by atoms with E-state index >= 15 is 0 Å². The first-order chi connectivity index (χ1) is 10.4. The Kier molecular flexibility index (Phi) is 5.61. The molecule has 1 amide bonds. The molecular formula is C18H25NO3. The van der Waals surface area contributed by atoms with Crippen LogP contribution in [0.3, 0.4) is 0 Å². The maximum Gasteiger partial charge on any atom is 0.410 e. The lowest BCUT2D eigenvalue weighted by atomic mass is 10.1. The predicted molar refractivity (Wildman–Crippen MR) is 86.6 cm³/mol. The van der Waals surface area contributed by atoms with Crippen molar-refractivity contribution < 1.29 is 14.3 Å². The average Bonchev–Trinajstić information content (AvgIpc) is 2.47. The van der Waals surface area contributed by atoms with Gasteiger partial charge in [0.1, 0.15) is 5.60 Å². The minimum atomic E-state index is -0.445. The molecule has 0 unspecified atom stereocenters. The third kappa shape index (κ3) is 5.53. The van der Waals surface area contributed by atoms with E-state index in [4.69, 9.17) is 9.47 Å². The van der Waals surface area contributed by atoms with E-state index in [0.29, 0.717) is 26.3 Å². The molecule has 1 aromatic rings. The number of amides is 1. The van der Waals surface area contributed by atoms with Crippen molar-refractivity contribution in [2.45, 2.75) is 39.4 Å². The van der Waals surface area contributed by atoms with Gasteiger partial charge in [0.25, 0.3) is 0 Å². The van der Waals surface area contributed by atoms with Gasteiger partial charge in [-0.1, -0.05) is 36.4 Å².